The number of hydrogen-bond acceptors (Lipinski definition) is 5. The quantitative estimate of drug-likeness (QED) is 0.829. The molecule has 1 aromatic heterocycles. The molecule has 0 N–H and O–H groups in total. The van der Waals surface area contributed by atoms with Gasteiger partial charge in [0.25, 0.3) is 5.89 Å². The molecule has 1 aromatic carbocycles. The van der Waals surface area contributed by atoms with E-state index in [-0.39, 0.29) is 11.5 Å². The Kier molecular flexibility index (Phi) is 4.76. The SMILES string of the molecule is Cc1ccc(-c2nc(CN3CC[C@]4(CCCN(C(C)C)C4=O)C3)no2)cc1. The van der Waals surface area contributed by atoms with Crippen LogP contribution in [0.5, 0.6) is 0 Å². The van der Waals surface area contributed by atoms with Crippen molar-refractivity contribution in [1.82, 2.24) is 19.9 Å². The molecule has 2 aromatic rings. The monoisotopic (exact) mass is 368 g/mol. The number of amides is 1. The summed E-state index contributed by atoms with van der Waals surface area (Å²) in [6.45, 7) is 9.49. The van der Waals surface area contributed by atoms with Crippen LogP contribution in [-0.2, 0) is 11.3 Å². The van der Waals surface area contributed by atoms with Crippen molar-refractivity contribution in [2.45, 2.75) is 52.6 Å². The summed E-state index contributed by atoms with van der Waals surface area (Å²) in [4.78, 5) is 22.0. The number of carbonyl (C=O) groups is 1. The normalized spacial score (nSPS) is 23.7. The van der Waals surface area contributed by atoms with E-state index in [1.807, 2.05) is 24.3 Å². The van der Waals surface area contributed by atoms with Crippen molar-refractivity contribution < 1.29 is 9.32 Å². The summed E-state index contributed by atoms with van der Waals surface area (Å²) in [6.07, 6.45) is 3.02. The summed E-state index contributed by atoms with van der Waals surface area (Å²) in [5.74, 6) is 1.57. The lowest BCUT2D eigenvalue weighted by Crippen LogP contribution is -2.52. The fraction of sp³-hybridized carbons (Fsp3) is 0.571. The third-order valence-electron chi connectivity index (χ3n) is 5.96. The maximum absolute atomic E-state index is 13.1. The molecule has 0 unspecified atom stereocenters. The van der Waals surface area contributed by atoms with Gasteiger partial charge in [-0.3, -0.25) is 9.69 Å². The van der Waals surface area contributed by atoms with Gasteiger partial charge in [0.05, 0.1) is 12.0 Å². The molecule has 0 bridgehead atoms. The molecule has 2 aliphatic rings. The Morgan fingerprint density at radius 1 is 1.19 bits per heavy atom. The van der Waals surface area contributed by atoms with Crippen LogP contribution in [0.4, 0.5) is 0 Å². The lowest BCUT2D eigenvalue weighted by molar-refractivity contribution is -0.147. The predicted molar refractivity (Wildman–Crippen MR) is 103 cm³/mol. The number of rotatable bonds is 4. The van der Waals surface area contributed by atoms with E-state index in [9.17, 15) is 4.79 Å². The van der Waals surface area contributed by atoms with Gasteiger partial charge in [-0.2, -0.15) is 4.98 Å². The fourth-order valence-electron chi connectivity index (χ4n) is 4.40. The number of hydrogen-bond donors (Lipinski definition) is 0. The highest BCUT2D eigenvalue weighted by molar-refractivity contribution is 5.84. The molecule has 1 spiro atoms. The van der Waals surface area contributed by atoms with Crippen molar-refractivity contribution >= 4 is 5.91 Å². The first-order valence-electron chi connectivity index (χ1n) is 9.90. The minimum absolute atomic E-state index is 0.216. The molecule has 1 amide bonds. The van der Waals surface area contributed by atoms with Crippen LogP contribution in [0.3, 0.4) is 0 Å². The molecular weight excluding hydrogens is 340 g/mol. The maximum Gasteiger partial charge on any atom is 0.257 e. The van der Waals surface area contributed by atoms with E-state index in [0.717, 1.165) is 44.5 Å². The Bertz CT molecular complexity index is 814. The van der Waals surface area contributed by atoms with Gasteiger partial charge in [-0.05, 0) is 58.7 Å². The van der Waals surface area contributed by atoms with Gasteiger partial charge in [-0.1, -0.05) is 22.9 Å². The number of benzene rings is 1. The van der Waals surface area contributed by atoms with Crippen LogP contribution < -0.4 is 0 Å². The standard InChI is InChI=1S/C21H28N4O2/c1-15(2)25-11-4-9-21(20(25)26)10-12-24(14-21)13-18-22-19(27-23-18)17-7-5-16(3)6-8-17/h5-8,15H,4,9-14H2,1-3H3/t21-/m1/s1. The first kappa shape index (κ1) is 18.2. The summed E-state index contributed by atoms with van der Waals surface area (Å²) in [5.41, 5.74) is 1.92. The van der Waals surface area contributed by atoms with Crippen molar-refractivity contribution in [2.75, 3.05) is 19.6 Å². The number of likely N-dealkylation sites (tertiary alicyclic amines) is 2. The van der Waals surface area contributed by atoms with Crippen molar-refractivity contribution in [1.29, 1.82) is 0 Å². The molecule has 0 aliphatic carbocycles. The molecule has 0 radical (unpaired) electrons. The zero-order chi connectivity index (χ0) is 19.0. The van der Waals surface area contributed by atoms with Crippen LogP contribution in [0.25, 0.3) is 11.5 Å². The van der Waals surface area contributed by atoms with Crippen LogP contribution in [0.1, 0.15) is 44.5 Å². The first-order valence-corrected chi connectivity index (χ1v) is 9.90. The molecule has 27 heavy (non-hydrogen) atoms. The summed E-state index contributed by atoms with van der Waals surface area (Å²) in [7, 11) is 0. The van der Waals surface area contributed by atoms with E-state index in [0.29, 0.717) is 24.2 Å². The zero-order valence-corrected chi connectivity index (χ0v) is 16.4. The molecule has 4 rings (SSSR count). The summed E-state index contributed by atoms with van der Waals surface area (Å²) < 4.78 is 5.44. The summed E-state index contributed by atoms with van der Waals surface area (Å²) in [5, 5.41) is 4.15. The Balaban J connectivity index is 1.43. The third-order valence-corrected chi connectivity index (χ3v) is 5.96. The molecule has 144 valence electrons. The van der Waals surface area contributed by atoms with Crippen molar-refractivity contribution in [2.24, 2.45) is 5.41 Å². The minimum atomic E-state index is -0.216. The van der Waals surface area contributed by atoms with E-state index < -0.39 is 0 Å². The first-order chi connectivity index (χ1) is 13.0. The molecule has 6 nitrogen and oxygen atoms in total. The summed E-state index contributed by atoms with van der Waals surface area (Å²) >= 11 is 0. The van der Waals surface area contributed by atoms with Crippen molar-refractivity contribution in [3.63, 3.8) is 0 Å². The zero-order valence-electron chi connectivity index (χ0n) is 16.4. The highest BCUT2D eigenvalue weighted by Gasteiger charge is 2.48. The van der Waals surface area contributed by atoms with Gasteiger partial charge in [0.15, 0.2) is 5.82 Å². The molecule has 2 fully saturated rings. The fourth-order valence-corrected chi connectivity index (χ4v) is 4.40. The average molecular weight is 368 g/mol. The van der Waals surface area contributed by atoms with Gasteiger partial charge >= 0.3 is 0 Å². The van der Waals surface area contributed by atoms with Crippen LogP contribution in [0.2, 0.25) is 0 Å². The van der Waals surface area contributed by atoms with Gasteiger partial charge in [0, 0.05) is 24.7 Å². The Labute approximate surface area is 160 Å². The highest BCUT2D eigenvalue weighted by Crippen LogP contribution is 2.41. The molecule has 0 saturated carbocycles. The molecule has 1 atom stereocenters. The number of aromatic nitrogens is 2. The van der Waals surface area contributed by atoms with Gasteiger partial charge < -0.3 is 9.42 Å². The predicted octanol–water partition coefficient (Wildman–Crippen LogP) is 3.27. The molecular formula is C21H28N4O2. The second kappa shape index (κ2) is 7.08. The van der Waals surface area contributed by atoms with E-state index in [1.54, 1.807) is 0 Å². The Morgan fingerprint density at radius 2 is 1.96 bits per heavy atom. The Morgan fingerprint density at radius 3 is 2.70 bits per heavy atom. The lowest BCUT2D eigenvalue weighted by Gasteiger charge is -2.41. The van der Waals surface area contributed by atoms with Gasteiger partial charge in [0.2, 0.25) is 5.91 Å². The third kappa shape index (κ3) is 3.50. The van der Waals surface area contributed by atoms with Crippen molar-refractivity contribution in [3.05, 3.63) is 35.7 Å². The molecule has 2 saturated heterocycles. The highest BCUT2D eigenvalue weighted by atomic mass is 16.5. The van der Waals surface area contributed by atoms with Gasteiger partial charge in [0.1, 0.15) is 0 Å². The van der Waals surface area contributed by atoms with E-state index in [1.165, 1.54) is 5.56 Å². The van der Waals surface area contributed by atoms with Crippen molar-refractivity contribution in [3.8, 4) is 11.5 Å². The second-order valence-corrected chi connectivity index (χ2v) is 8.32. The Hall–Kier alpha value is -2.21. The largest absolute Gasteiger partial charge is 0.340 e. The number of carbonyl (C=O) groups excluding carboxylic acids is 1. The smallest absolute Gasteiger partial charge is 0.257 e. The second-order valence-electron chi connectivity index (χ2n) is 8.32. The van der Waals surface area contributed by atoms with Crippen LogP contribution in [0.15, 0.2) is 28.8 Å². The van der Waals surface area contributed by atoms with E-state index in [2.05, 4.69) is 40.7 Å². The van der Waals surface area contributed by atoms with Gasteiger partial charge in [-0.15, -0.1) is 0 Å². The van der Waals surface area contributed by atoms with Crippen LogP contribution in [0, 0.1) is 12.3 Å². The topological polar surface area (TPSA) is 62.5 Å². The van der Waals surface area contributed by atoms with Crippen LogP contribution in [-0.4, -0.2) is 51.5 Å². The summed E-state index contributed by atoms with van der Waals surface area (Å²) in [6, 6.07) is 8.35. The molecule has 6 heteroatoms. The molecule has 3 heterocycles. The number of nitrogens with zero attached hydrogens (tertiary/aromatic N) is 4. The number of aryl methyl sites for hydroxylation is 1. The van der Waals surface area contributed by atoms with E-state index >= 15 is 0 Å². The minimum Gasteiger partial charge on any atom is -0.340 e. The van der Waals surface area contributed by atoms with Crippen LogP contribution >= 0.6 is 0 Å². The number of piperidine rings is 1. The average Bonchev–Trinajstić information content (AvgIpc) is 3.26. The maximum atomic E-state index is 13.1. The lowest BCUT2D eigenvalue weighted by atomic mass is 9.78. The van der Waals surface area contributed by atoms with Gasteiger partial charge in [-0.25, -0.2) is 0 Å². The molecule has 2 aliphatic heterocycles. The van der Waals surface area contributed by atoms with E-state index in [4.69, 9.17) is 4.52 Å².